The zero-order chi connectivity index (χ0) is 13.7. The van der Waals surface area contributed by atoms with Crippen molar-refractivity contribution < 1.29 is 8.42 Å². The van der Waals surface area contributed by atoms with E-state index in [1.54, 1.807) is 6.07 Å². The van der Waals surface area contributed by atoms with Gasteiger partial charge in [-0.1, -0.05) is 13.0 Å². The van der Waals surface area contributed by atoms with Crippen LogP contribution in [0.3, 0.4) is 0 Å². The number of nitrogens with one attached hydrogen (secondary N) is 2. The van der Waals surface area contributed by atoms with Crippen LogP contribution in [-0.4, -0.2) is 28.1 Å². The lowest BCUT2D eigenvalue weighted by atomic mass is 9.92. The first-order valence-corrected chi connectivity index (χ1v) is 8.44. The smallest absolute Gasteiger partial charge is 0.240 e. The van der Waals surface area contributed by atoms with Crippen LogP contribution in [0.5, 0.6) is 0 Å². The van der Waals surface area contributed by atoms with Crippen LogP contribution in [0.25, 0.3) is 0 Å². The summed E-state index contributed by atoms with van der Waals surface area (Å²) in [7, 11) is -3.36. The normalized spacial score (nSPS) is 14.4. The summed E-state index contributed by atoms with van der Waals surface area (Å²) in [5.41, 5.74) is 2.50. The van der Waals surface area contributed by atoms with Crippen LogP contribution in [0.15, 0.2) is 23.1 Å². The molecule has 1 aromatic rings. The average Bonchev–Trinajstić information content (AvgIpc) is 2.43. The molecule has 0 unspecified atom stereocenters. The molecule has 0 amide bonds. The largest absolute Gasteiger partial charge is 0.316 e. The van der Waals surface area contributed by atoms with Crippen molar-refractivity contribution in [2.24, 2.45) is 0 Å². The van der Waals surface area contributed by atoms with E-state index in [0.29, 0.717) is 18.0 Å². The molecule has 0 saturated carbocycles. The van der Waals surface area contributed by atoms with E-state index in [2.05, 4.69) is 10.0 Å². The molecule has 0 fully saturated rings. The summed E-state index contributed by atoms with van der Waals surface area (Å²) < 4.78 is 26.9. The van der Waals surface area contributed by atoms with Gasteiger partial charge in [-0.25, -0.2) is 13.1 Å². The van der Waals surface area contributed by atoms with Crippen LogP contribution < -0.4 is 10.0 Å². The second kappa shape index (κ2) is 7.98. The van der Waals surface area contributed by atoms with Crippen LogP contribution in [0.2, 0.25) is 0 Å². The van der Waals surface area contributed by atoms with E-state index >= 15 is 0 Å². The molecule has 0 saturated heterocycles. The Labute approximate surface area is 127 Å². The minimum absolute atomic E-state index is 0. The van der Waals surface area contributed by atoms with Gasteiger partial charge in [0.15, 0.2) is 0 Å². The van der Waals surface area contributed by atoms with Crippen molar-refractivity contribution in [3.8, 4) is 0 Å². The number of fused-ring (bicyclic) bond motifs is 1. The number of halogens is 1. The van der Waals surface area contributed by atoms with E-state index in [9.17, 15) is 8.42 Å². The summed E-state index contributed by atoms with van der Waals surface area (Å²) in [5, 5.41) is 3.10. The average molecular weight is 319 g/mol. The van der Waals surface area contributed by atoms with Gasteiger partial charge in [0.1, 0.15) is 0 Å². The molecule has 0 aliphatic heterocycles. The quantitative estimate of drug-likeness (QED) is 0.787. The summed E-state index contributed by atoms with van der Waals surface area (Å²) in [6, 6.07) is 5.52. The zero-order valence-corrected chi connectivity index (χ0v) is 13.4. The lowest BCUT2D eigenvalue weighted by molar-refractivity contribution is 0.577. The summed E-state index contributed by atoms with van der Waals surface area (Å²) in [6.07, 6.45) is 4.43. The number of benzene rings is 1. The number of hydrogen-bond acceptors (Lipinski definition) is 3. The predicted molar refractivity (Wildman–Crippen MR) is 84.1 cm³/mol. The van der Waals surface area contributed by atoms with E-state index in [1.807, 2.05) is 19.1 Å². The third kappa shape index (κ3) is 4.45. The summed E-state index contributed by atoms with van der Waals surface area (Å²) in [5.74, 6) is 0. The highest BCUT2D eigenvalue weighted by Gasteiger charge is 2.16. The fourth-order valence-corrected chi connectivity index (χ4v) is 3.49. The molecule has 0 atom stereocenters. The van der Waals surface area contributed by atoms with Crippen molar-refractivity contribution in [3.63, 3.8) is 0 Å². The Hall–Kier alpha value is -0.620. The molecule has 0 spiro atoms. The highest BCUT2D eigenvalue weighted by atomic mass is 35.5. The molecule has 6 heteroatoms. The van der Waals surface area contributed by atoms with Crippen molar-refractivity contribution in [1.29, 1.82) is 0 Å². The van der Waals surface area contributed by atoms with Gasteiger partial charge in [0.2, 0.25) is 10.0 Å². The van der Waals surface area contributed by atoms with Crippen LogP contribution in [0.4, 0.5) is 0 Å². The van der Waals surface area contributed by atoms with Gasteiger partial charge in [0.25, 0.3) is 0 Å². The SMILES string of the molecule is CCNCCNS(=O)(=O)c1ccc2c(c1)CCCC2.Cl. The molecule has 0 heterocycles. The molecule has 2 rings (SSSR count). The third-order valence-electron chi connectivity index (χ3n) is 3.47. The van der Waals surface area contributed by atoms with Crippen LogP contribution in [-0.2, 0) is 22.9 Å². The van der Waals surface area contributed by atoms with E-state index in [4.69, 9.17) is 0 Å². The summed E-state index contributed by atoms with van der Waals surface area (Å²) in [6.45, 7) is 3.92. The lowest BCUT2D eigenvalue weighted by Gasteiger charge is -2.16. The molecule has 2 N–H and O–H groups in total. The molecule has 1 aromatic carbocycles. The Balaban J connectivity index is 0.00000200. The molecule has 1 aliphatic rings. The Morgan fingerprint density at radius 2 is 1.80 bits per heavy atom. The van der Waals surface area contributed by atoms with E-state index < -0.39 is 10.0 Å². The van der Waals surface area contributed by atoms with Crippen LogP contribution in [0, 0.1) is 0 Å². The monoisotopic (exact) mass is 318 g/mol. The van der Waals surface area contributed by atoms with Gasteiger partial charge in [-0.15, -0.1) is 12.4 Å². The van der Waals surface area contributed by atoms with Crippen molar-refractivity contribution in [2.75, 3.05) is 19.6 Å². The van der Waals surface area contributed by atoms with Gasteiger partial charge >= 0.3 is 0 Å². The lowest BCUT2D eigenvalue weighted by Crippen LogP contribution is -2.31. The first-order valence-electron chi connectivity index (χ1n) is 6.95. The number of likely N-dealkylation sites (N-methyl/N-ethyl adjacent to an activating group) is 1. The molecule has 114 valence electrons. The van der Waals surface area contributed by atoms with E-state index in [-0.39, 0.29) is 12.4 Å². The summed E-state index contributed by atoms with van der Waals surface area (Å²) >= 11 is 0. The van der Waals surface area contributed by atoms with Gasteiger partial charge in [-0.05, 0) is 55.5 Å². The van der Waals surface area contributed by atoms with Crippen molar-refractivity contribution in [1.82, 2.24) is 10.0 Å². The Bertz CT molecular complexity index is 532. The van der Waals surface area contributed by atoms with Crippen LogP contribution >= 0.6 is 12.4 Å². The Morgan fingerprint density at radius 1 is 1.10 bits per heavy atom. The molecular weight excluding hydrogens is 296 g/mol. The van der Waals surface area contributed by atoms with Gasteiger partial charge in [0.05, 0.1) is 4.90 Å². The minimum atomic E-state index is -3.36. The zero-order valence-electron chi connectivity index (χ0n) is 11.8. The highest BCUT2D eigenvalue weighted by molar-refractivity contribution is 7.89. The standard InChI is InChI=1S/C14H22N2O2S.ClH/c1-2-15-9-10-16-19(17,18)14-8-7-12-5-3-4-6-13(12)11-14;/h7-8,11,15-16H,2-6,9-10H2,1H3;1H. The number of aryl methyl sites for hydroxylation is 2. The predicted octanol–water partition coefficient (Wildman–Crippen LogP) is 1.88. The topological polar surface area (TPSA) is 58.2 Å². The van der Waals surface area contributed by atoms with Gasteiger partial charge in [0, 0.05) is 13.1 Å². The molecule has 4 nitrogen and oxygen atoms in total. The molecule has 0 radical (unpaired) electrons. The summed E-state index contributed by atoms with van der Waals surface area (Å²) in [4.78, 5) is 0.393. The van der Waals surface area contributed by atoms with E-state index in [1.165, 1.54) is 17.5 Å². The second-order valence-corrected chi connectivity index (χ2v) is 6.66. The Kier molecular flexibility index (Phi) is 6.95. The molecule has 0 bridgehead atoms. The fraction of sp³-hybridized carbons (Fsp3) is 0.571. The van der Waals surface area contributed by atoms with Crippen molar-refractivity contribution >= 4 is 22.4 Å². The Morgan fingerprint density at radius 3 is 2.50 bits per heavy atom. The molecular formula is C14H23ClN2O2S. The van der Waals surface area contributed by atoms with Gasteiger partial charge in [-0.2, -0.15) is 0 Å². The molecule has 1 aliphatic carbocycles. The maximum atomic E-state index is 12.1. The highest BCUT2D eigenvalue weighted by Crippen LogP contribution is 2.23. The van der Waals surface area contributed by atoms with Crippen LogP contribution in [0.1, 0.15) is 30.9 Å². The van der Waals surface area contributed by atoms with Crippen molar-refractivity contribution in [3.05, 3.63) is 29.3 Å². The van der Waals surface area contributed by atoms with Crippen molar-refractivity contribution in [2.45, 2.75) is 37.5 Å². The number of sulfonamides is 1. The maximum Gasteiger partial charge on any atom is 0.240 e. The maximum absolute atomic E-state index is 12.1. The fourth-order valence-electron chi connectivity index (χ4n) is 2.41. The van der Waals surface area contributed by atoms with Gasteiger partial charge in [-0.3, -0.25) is 0 Å². The second-order valence-electron chi connectivity index (χ2n) is 4.89. The molecule has 20 heavy (non-hydrogen) atoms. The van der Waals surface area contributed by atoms with Gasteiger partial charge < -0.3 is 5.32 Å². The first-order chi connectivity index (χ1) is 9.13. The third-order valence-corrected chi connectivity index (χ3v) is 4.93. The van der Waals surface area contributed by atoms with E-state index in [0.717, 1.165) is 25.8 Å². The molecule has 0 aromatic heterocycles. The minimum Gasteiger partial charge on any atom is -0.316 e. The number of hydrogen-bond donors (Lipinski definition) is 2. The first kappa shape index (κ1) is 17.4. The number of rotatable bonds is 6.